The SMILES string of the molecule is CC(C)(C(=O)NCCc1ccc(Cl)cc1)C(=O)NCc1cccnc1. The Kier molecular flexibility index (Phi) is 6.53. The smallest absolute Gasteiger partial charge is 0.235 e. The van der Waals surface area contributed by atoms with Crippen molar-refractivity contribution in [2.24, 2.45) is 5.41 Å². The lowest BCUT2D eigenvalue weighted by Gasteiger charge is -2.22. The molecule has 2 aromatic rings. The largest absolute Gasteiger partial charge is 0.355 e. The fourth-order valence-electron chi connectivity index (χ4n) is 2.20. The summed E-state index contributed by atoms with van der Waals surface area (Å²) in [5.41, 5.74) is 0.806. The topological polar surface area (TPSA) is 71.1 Å². The molecule has 6 heteroatoms. The molecule has 0 saturated heterocycles. The number of pyridine rings is 1. The number of hydrogen-bond acceptors (Lipinski definition) is 3. The van der Waals surface area contributed by atoms with Crippen LogP contribution >= 0.6 is 11.6 Å². The van der Waals surface area contributed by atoms with E-state index < -0.39 is 5.41 Å². The highest BCUT2D eigenvalue weighted by Gasteiger charge is 2.35. The zero-order valence-electron chi connectivity index (χ0n) is 14.4. The Morgan fingerprint density at radius 1 is 1.04 bits per heavy atom. The Hall–Kier alpha value is -2.40. The molecule has 0 saturated carbocycles. The first-order valence-corrected chi connectivity index (χ1v) is 8.47. The number of amides is 2. The van der Waals surface area contributed by atoms with Gasteiger partial charge in [0.1, 0.15) is 5.41 Å². The van der Waals surface area contributed by atoms with Crippen LogP contribution in [0.25, 0.3) is 0 Å². The summed E-state index contributed by atoms with van der Waals surface area (Å²) in [6, 6.07) is 11.1. The lowest BCUT2D eigenvalue weighted by Crippen LogP contribution is -2.48. The summed E-state index contributed by atoms with van der Waals surface area (Å²) in [5, 5.41) is 6.28. The van der Waals surface area contributed by atoms with Gasteiger partial charge in [0.2, 0.25) is 11.8 Å². The van der Waals surface area contributed by atoms with Crippen molar-refractivity contribution in [1.29, 1.82) is 0 Å². The molecule has 0 aliphatic rings. The van der Waals surface area contributed by atoms with Gasteiger partial charge in [-0.25, -0.2) is 0 Å². The van der Waals surface area contributed by atoms with Gasteiger partial charge in [0, 0.05) is 30.5 Å². The van der Waals surface area contributed by atoms with Gasteiger partial charge >= 0.3 is 0 Å². The third-order valence-electron chi connectivity index (χ3n) is 3.92. The molecule has 0 unspecified atom stereocenters. The molecule has 1 heterocycles. The van der Waals surface area contributed by atoms with E-state index in [1.54, 1.807) is 32.3 Å². The highest BCUT2D eigenvalue weighted by molar-refractivity contribution is 6.30. The zero-order chi connectivity index (χ0) is 18.3. The zero-order valence-corrected chi connectivity index (χ0v) is 15.1. The standard InChI is InChI=1S/C19H22ClN3O2/c1-19(2,18(25)23-13-15-4-3-10-21-12-15)17(24)22-11-9-14-5-7-16(20)8-6-14/h3-8,10,12H,9,11,13H2,1-2H3,(H,22,24)(H,23,25). The molecule has 0 radical (unpaired) electrons. The molecule has 0 spiro atoms. The van der Waals surface area contributed by atoms with Crippen molar-refractivity contribution in [2.45, 2.75) is 26.8 Å². The van der Waals surface area contributed by atoms with Crippen LogP contribution < -0.4 is 10.6 Å². The Morgan fingerprint density at radius 2 is 1.72 bits per heavy atom. The second-order valence-corrected chi connectivity index (χ2v) is 6.74. The number of nitrogens with zero attached hydrogens (tertiary/aromatic N) is 1. The molecular formula is C19H22ClN3O2. The van der Waals surface area contributed by atoms with Crippen molar-refractivity contribution in [3.05, 3.63) is 64.9 Å². The summed E-state index contributed by atoms with van der Waals surface area (Å²) in [6.07, 6.45) is 4.03. The summed E-state index contributed by atoms with van der Waals surface area (Å²) in [6.45, 7) is 4.03. The molecule has 0 aliphatic carbocycles. The molecule has 1 aromatic carbocycles. The van der Waals surface area contributed by atoms with E-state index in [9.17, 15) is 9.59 Å². The van der Waals surface area contributed by atoms with Gasteiger partial charge in [-0.2, -0.15) is 0 Å². The average molecular weight is 360 g/mol. The molecular weight excluding hydrogens is 338 g/mol. The fourth-order valence-corrected chi connectivity index (χ4v) is 2.33. The number of benzene rings is 1. The lowest BCUT2D eigenvalue weighted by atomic mass is 9.91. The number of carbonyl (C=O) groups is 2. The summed E-state index contributed by atoms with van der Waals surface area (Å²) in [7, 11) is 0. The fraction of sp³-hybridized carbons (Fsp3) is 0.316. The molecule has 2 N–H and O–H groups in total. The first-order chi connectivity index (χ1) is 11.9. The van der Waals surface area contributed by atoms with Crippen LogP contribution in [-0.2, 0) is 22.6 Å². The van der Waals surface area contributed by atoms with E-state index in [2.05, 4.69) is 15.6 Å². The summed E-state index contributed by atoms with van der Waals surface area (Å²) in [5.74, 6) is -0.620. The van der Waals surface area contributed by atoms with Gasteiger partial charge in [-0.1, -0.05) is 29.8 Å². The maximum absolute atomic E-state index is 12.4. The minimum absolute atomic E-state index is 0.301. The lowest BCUT2D eigenvalue weighted by molar-refractivity contribution is -0.141. The van der Waals surface area contributed by atoms with E-state index in [-0.39, 0.29) is 11.8 Å². The third-order valence-corrected chi connectivity index (χ3v) is 4.18. The van der Waals surface area contributed by atoms with Crippen LogP contribution in [0.4, 0.5) is 0 Å². The normalized spacial score (nSPS) is 11.0. The van der Waals surface area contributed by atoms with Gasteiger partial charge < -0.3 is 10.6 Å². The Balaban J connectivity index is 1.81. The van der Waals surface area contributed by atoms with Crippen molar-refractivity contribution in [1.82, 2.24) is 15.6 Å². The predicted octanol–water partition coefficient (Wildman–Crippen LogP) is 2.74. The number of nitrogens with one attached hydrogen (secondary N) is 2. The van der Waals surface area contributed by atoms with Gasteiger partial charge in [0.05, 0.1) is 0 Å². The summed E-state index contributed by atoms with van der Waals surface area (Å²) in [4.78, 5) is 28.7. The highest BCUT2D eigenvalue weighted by atomic mass is 35.5. The number of halogens is 1. The van der Waals surface area contributed by atoms with Crippen LogP contribution in [0.1, 0.15) is 25.0 Å². The molecule has 2 amide bonds. The molecule has 2 rings (SSSR count). The van der Waals surface area contributed by atoms with Gasteiger partial charge in [0.25, 0.3) is 0 Å². The molecule has 25 heavy (non-hydrogen) atoms. The molecule has 0 aliphatic heterocycles. The van der Waals surface area contributed by atoms with E-state index in [1.807, 2.05) is 30.3 Å². The van der Waals surface area contributed by atoms with Gasteiger partial charge in [0.15, 0.2) is 0 Å². The molecule has 1 aromatic heterocycles. The van der Waals surface area contributed by atoms with E-state index in [0.717, 1.165) is 11.1 Å². The minimum atomic E-state index is -1.15. The van der Waals surface area contributed by atoms with Crippen LogP contribution in [0.15, 0.2) is 48.8 Å². The van der Waals surface area contributed by atoms with Crippen LogP contribution in [0.5, 0.6) is 0 Å². The Morgan fingerprint density at radius 3 is 2.36 bits per heavy atom. The van der Waals surface area contributed by atoms with Gasteiger partial charge in [-0.3, -0.25) is 14.6 Å². The highest BCUT2D eigenvalue weighted by Crippen LogP contribution is 2.16. The van der Waals surface area contributed by atoms with Crippen molar-refractivity contribution in [2.75, 3.05) is 6.54 Å². The summed E-state index contributed by atoms with van der Waals surface area (Å²) >= 11 is 5.85. The number of rotatable bonds is 7. The predicted molar refractivity (Wildman–Crippen MR) is 98.0 cm³/mol. The molecule has 0 atom stereocenters. The maximum Gasteiger partial charge on any atom is 0.235 e. The van der Waals surface area contributed by atoms with Crippen LogP contribution in [0, 0.1) is 5.41 Å². The second-order valence-electron chi connectivity index (χ2n) is 6.30. The van der Waals surface area contributed by atoms with Gasteiger partial charge in [-0.05, 0) is 49.6 Å². The van der Waals surface area contributed by atoms with E-state index in [0.29, 0.717) is 24.5 Å². The van der Waals surface area contributed by atoms with Crippen molar-refractivity contribution in [3.8, 4) is 0 Å². The van der Waals surface area contributed by atoms with E-state index >= 15 is 0 Å². The number of carbonyl (C=O) groups excluding carboxylic acids is 2. The molecule has 0 fully saturated rings. The van der Waals surface area contributed by atoms with Crippen LogP contribution in [0.2, 0.25) is 5.02 Å². The minimum Gasteiger partial charge on any atom is -0.355 e. The van der Waals surface area contributed by atoms with Gasteiger partial charge in [-0.15, -0.1) is 0 Å². The molecule has 0 bridgehead atoms. The van der Waals surface area contributed by atoms with Crippen LogP contribution in [0.3, 0.4) is 0 Å². The Bertz CT molecular complexity index is 715. The number of hydrogen-bond donors (Lipinski definition) is 2. The first-order valence-electron chi connectivity index (χ1n) is 8.09. The first kappa shape index (κ1) is 18.9. The van der Waals surface area contributed by atoms with Crippen molar-refractivity contribution in [3.63, 3.8) is 0 Å². The van der Waals surface area contributed by atoms with Crippen molar-refractivity contribution >= 4 is 23.4 Å². The monoisotopic (exact) mass is 359 g/mol. The molecule has 5 nitrogen and oxygen atoms in total. The number of aromatic nitrogens is 1. The summed E-state index contributed by atoms with van der Waals surface area (Å²) < 4.78 is 0. The van der Waals surface area contributed by atoms with E-state index in [1.165, 1.54) is 0 Å². The van der Waals surface area contributed by atoms with Crippen molar-refractivity contribution < 1.29 is 9.59 Å². The average Bonchev–Trinajstić information content (AvgIpc) is 2.62. The second kappa shape index (κ2) is 8.62. The Labute approximate surface area is 152 Å². The maximum atomic E-state index is 12.4. The quantitative estimate of drug-likeness (QED) is 0.747. The van der Waals surface area contributed by atoms with E-state index in [4.69, 9.17) is 11.6 Å². The van der Waals surface area contributed by atoms with Crippen LogP contribution in [-0.4, -0.2) is 23.3 Å². The third kappa shape index (κ3) is 5.57. The molecule has 132 valence electrons.